The predicted molar refractivity (Wildman–Crippen MR) is 94.6 cm³/mol. The van der Waals surface area contributed by atoms with Gasteiger partial charge in [0, 0.05) is 17.5 Å². The largest absolute Gasteiger partial charge is 0.475 e. The minimum atomic E-state index is -1.16. The van der Waals surface area contributed by atoms with Crippen LogP contribution in [-0.4, -0.2) is 22.9 Å². The van der Waals surface area contributed by atoms with E-state index < -0.39 is 11.4 Å². The Kier molecular flexibility index (Phi) is 5.82. The number of carbonyl (C=O) groups excluding carboxylic acids is 2. The number of aromatic carboxylic acids is 1. The standard InChI is InChI=1S/C19H22N2O5/c1-19(2,3)18(25)21-10-12-4-6-13(7-5-12)16(22)20-11-14-8-9-15(26-14)17(23)24/h4-9H,10-11H2,1-3H3,(H,20,22)(H,21,25)(H,23,24). The first-order valence-corrected chi connectivity index (χ1v) is 8.14. The summed E-state index contributed by atoms with van der Waals surface area (Å²) in [7, 11) is 0. The minimum Gasteiger partial charge on any atom is -0.475 e. The summed E-state index contributed by atoms with van der Waals surface area (Å²) < 4.78 is 5.08. The van der Waals surface area contributed by atoms with Gasteiger partial charge in [0.1, 0.15) is 5.76 Å². The number of carboxylic acids is 1. The van der Waals surface area contributed by atoms with Crippen molar-refractivity contribution in [2.75, 3.05) is 0 Å². The van der Waals surface area contributed by atoms with Crippen molar-refractivity contribution in [1.29, 1.82) is 0 Å². The van der Waals surface area contributed by atoms with Gasteiger partial charge in [0.15, 0.2) is 0 Å². The van der Waals surface area contributed by atoms with Crippen molar-refractivity contribution in [1.82, 2.24) is 10.6 Å². The third-order valence-electron chi connectivity index (χ3n) is 3.65. The van der Waals surface area contributed by atoms with Crippen molar-refractivity contribution in [3.05, 3.63) is 59.0 Å². The fourth-order valence-corrected chi connectivity index (χ4v) is 2.08. The normalized spacial score (nSPS) is 11.0. The maximum absolute atomic E-state index is 12.1. The smallest absolute Gasteiger partial charge is 0.371 e. The van der Waals surface area contributed by atoms with Gasteiger partial charge in [-0.1, -0.05) is 32.9 Å². The molecule has 0 radical (unpaired) electrons. The lowest BCUT2D eigenvalue weighted by Gasteiger charge is -2.17. The van der Waals surface area contributed by atoms with Gasteiger partial charge < -0.3 is 20.2 Å². The summed E-state index contributed by atoms with van der Waals surface area (Å²) in [5.74, 6) is -1.31. The summed E-state index contributed by atoms with van der Waals surface area (Å²) in [5, 5.41) is 14.3. The van der Waals surface area contributed by atoms with Crippen LogP contribution < -0.4 is 10.6 Å². The van der Waals surface area contributed by atoms with Crippen molar-refractivity contribution >= 4 is 17.8 Å². The molecule has 138 valence electrons. The third kappa shape index (κ3) is 5.20. The molecule has 0 atom stereocenters. The lowest BCUT2D eigenvalue weighted by molar-refractivity contribution is -0.128. The molecule has 1 heterocycles. The Morgan fingerprint density at radius 2 is 1.62 bits per heavy atom. The Balaban J connectivity index is 1.87. The van der Waals surface area contributed by atoms with Gasteiger partial charge in [-0.2, -0.15) is 0 Å². The number of hydrogen-bond acceptors (Lipinski definition) is 4. The second-order valence-electron chi connectivity index (χ2n) is 6.88. The Hall–Kier alpha value is -3.09. The molecule has 0 aliphatic carbocycles. The zero-order valence-electron chi connectivity index (χ0n) is 15.0. The van der Waals surface area contributed by atoms with E-state index in [0.717, 1.165) is 5.56 Å². The van der Waals surface area contributed by atoms with Gasteiger partial charge in [-0.05, 0) is 29.8 Å². The number of hydrogen-bond donors (Lipinski definition) is 3. The van der Waals surface area contributed by atoms with Crippen LogP contribution in [0, 0.1) is 5.41 Å². The second-order valence-corrected chi connectivity index (χ2v) is 6.88. The van der Waals surface area contributed by atoms with Crippen molar-refractivity contribution in [3.63, 3.8) is 0 Å². The summed E-state index contributed by atoms with van der Waals surface area (Å²) in [6, 6.07) is 9.72. The highest BCUT2D eigenvalue weighted by Gasteiger charge is 2.20. The fourth-order valence-electron chi connectivity index (χ4n) is 2.08. The number of carbonyl (C=O) groups is 3. The Bertz CT molecular complexity index is 800. The van der Waals surface area contributed by atoms with Crippen LogP contribution in [0.4, 0.5) is 0 Å². The van der Waals surface area contributed by atoms with Crippen molar-refractivity contribution in [3.8, 4) is 0 Å². The van der Waals surface area contributed by atoms with Gasteiger partial charge in [0.2, 0.25) is 11.7 Å². The molecule has 0 saturated heterocycles. The SMILES string of the molecule is CC(C)(C)C(=O)NCc1ccc(C(=O)NCc2ccc(C(=O)O)o2)cc1. The zero-order chi connectivity index (χ0) is 19.3. The van der Waals surface area contributed by atoms with E-state index in [9.17, 15) is 14.4 Å². The number of rotatable bonds is 6. The molecule has 0 fully saturated rings. The first kappa shape index (κ1) is 19.2. The molecule has 0 unspecified atom stereocenters. The minimum absolute atomic E-state index is 0.0431. The summed E-state index contributed by atoms with van der Waals surface area (Å²) in [4.78, 5) is 34.7. The zero-order valence-corrected chi connectivity index (χ0v) is 15.0. The summed E-state index contributed by atoms with van der Waals surface area (Å²) in [6.45, 7) is 6.01. The average Bonchev–Trinajstić information content (AvgIpc) is 3.06. The lowest BCUT2D eigenvalue weighted by Crippen LogP contribution is -2.34. The van der Waals surface area contributed by atoms with Gasteiger partial charge in [-0.3, -0.25) is 9.59 Å². The van der Waals surface area contributed by atoms with E-state index in [1.54, 1.807) is 24.3 Å². The Labute approximate surface area is 151 Å². The molecule has 0 bridgehead atoms. The molecule has 0 aliphatic rings. The van der Waals surface area contributed by atoms with Crippen LogP contribution in [0.15, 0.2) is 40.8 Å². The maximum Gasteiger partial charge on any atom is 0.371 e. The lowest BCUT2D eigenvalue weighted by atomic mass is 9.95. The molecular weight excluding hydrogens is 336 g/mol. The summed E-state index contributed by atoms with van der Waals surface area (Å²) in [6.07, 6.45) is 0. The van der Waals surface area contributed by atoms with Crippen LogP contribution in [0.5, 0.6) is 0 Å². The molecule has 2 aromatic rings. The quantitative estimate of drug-likeness (QED) is 0.735. The molecule has 26 heavy (non-hydrogen) atoms. The second kappa shape index (κ2) is 7.86. The van der Waals surface area contributed by atoms with E-state index in [1.165, 1.54) is 12.1 Å². The summed E-state index contributed by atoms with van der Waals surface area (Å²) in [5.41, 5.74) is 0.892. The van der Waals surface area contributed by atoms with Gasteiger partial charge in [0.05, 0.1) is 6.54 Å². The molecule has 0 aliphatic heterocycles. The first-order chi connectivity index (χ1) is 12.2. The van der Waals surface area contributed by atoms with Crippen molar-refractivity contribution in [2.45, 2.75) is 33.9 Å². The molecule has 2 amide bonds. The molecule has 0 saturated carbocycles. The van der Waals surface area contributed by atoms with E-state index in [4.69, 9.17) is 9.52 Å². The maximum atomic E-state index is 12.1. The topological polar surface area (TPSA) is 109 Å². The van der Waals surface area contributed by atoms with Crippen LogP contribution in [0.1, 0.15) is 53.0 Å². The van der Waals surface area contributed by atoms with Crippen LogP contribution in [0.2, 0.25) is 0 Å². The van der Waals surface area contributed by atoms with Crippen LogP contribution in [0.3, 0.4) is 0 Å². The molecule has 7 nitrogen and oxygen atoms in total. The van der Waals surface area contributed by atoms with E-state index in [2.05, 4.69) is 10.6 Å². The Morgan fingerprint density at radius 3 is 2.15 bits per heavy atom. The first-order valence-electron chi connectivity index (χ1n) is 8.14. The Morgan fingerprint density at radius 1 is 0.962 bits per heavy atom. The molecule has 2 rings (SSSR count). The number of benzene rings is 1. The number of amides is 2. The number of carboxylic acid groups (broad SMARTS) is 1. The monoisotopic (exact) mass is 358 g/mol. The number of nitrogens with one attached hydrogen (secondary N) is 2. The molecular formula is C19H22N2O5. The van der Waals surface area contributed by atoms with Gasteiger partial charge in [-0.15, -0.1) is 0 Å². The van der Waals surface area contributed by atoms with Gasteiger partial charge in [0.25, 0.3) is 5.91 Å². The highest BCUT2D eigenvalue weighted by molar-refractivity contribution is 5.94. The average molecular weight is 358 g/mol. The van der Waals surface area contributed by atoms with E-state index in [0.29, 0.717) is 17.9 Å². The van der Waals surface area contributed by atoms with Crippen molar-refractivity contribution in [2.24, 2.45) is 5.41 Å². The van der Waals surface area contributed by atoms with Crippen LogP contribution in [0.25, 0.3) is 0 Å². The van der Waals surface area contributed by atoms with Crippen LogP contribution >= 0.6 is 0 Å². The number of furan rings is 1. The van der Waals surface area contributed by atoms with Crippen LogP contribution in [-0.2, 0) is 17.9 Å². The van der Waals surface area contributed by atoms with E-state index >= 15 is 0 Å². The highest BCUT2D eigenvalue weighted by Crippen LogP contribution is 2.13. The van der Waals surface area contributed by atoms with E-state index in [-0.39, 0.29) is 24.1 Å². The van der Waals surface area contributed by atoms with Crippen molar-refractivity contribution < 1.29 is 23.9 Å². The van der Waals surface area contributed by atoms with Gasteiger partial charge in [-0.25, -0.2) is 4.79 Å². The van der Waals surface area contributed by atoms with Gasteiger partial charge >= 0.3 is 5.97 Å². The molecule has 1 aromatic carbocycles. The molecule has 7 heteroatoms. The highest BCUT2D eigenvalue weighted by atomic mass is 16.4. The fraction of sp³-hybridized carbons (Fsp3) is 0.316. The molecule has 3 N–H and O–H groups in total. The molecule has 0 spiro atoms. The predicted octanol–water partition coefficient (Wildman–Crippen LogP) is 2.57. The summed E-state index contributed by atoms with van der Waals surface area (Å²) >= 11 is 0. The molecule has 1 aromatic heterocycles. The van der Waals surface area contributed by atoms with E-state index in [1.807, 2.05) is 20.8 Å². The third-order valence-corrected chi connectivity index (χ3v) is 3.65.